The van der Waals surface area contributed by atoms with Gasteiger partial charge in [0.25, 0.3) is 11.6 Å². The minimum Gasteiger partial charge on any atom is -0.439 e. The van der Waals surface area contributed by atoms with E-state index in [-0.39, 0.29) is 23.6 Å². The molecule has 1 amide bonds. The number of nitro groups is 1. The second-order valence-corrected chi connectivity index (χ2v) is 6.83. The van der Waals surface area contributed by atoms with E-state index in [1.165, 1.54) is 48.7 Å². The van der Waals surface area contributed by atoms with Gasteiger partial charge in [-0.2, -0.15) is 0 Å². The van der Waals surface area contributed by atoms with E-state index < -0.39 is 10.8 Å². The van der Waals surface area contributed by atoms with Crippen LogP contribution in [0.4, 0.5) is 10.1 Å². The van der Waals surface area contributed by atoms with Crippen LogP contribution in [0.2, 0.25) is 0 Å². The third kappa shape index (κ3) is 5.00. The number of carbonyl (C=O) groups is 1. The van der Waals surface area contributed by atoms with Crippen LogP contribution >= 0.6 is 22.6 Å². The molecule has 142 valence electrons. The fourth-order valence-corrected chi connectivity index (χ4v) is 2.86. The summed E-state index contributed by atoms with van der Waals surface area (Å²) in [6, 6.07) is 13.0. The largest absolute Gasteiger partial charge is 0.439 e. The topological polar surface area (TPSA) is 94.4 Å². The molecule has 0 spiro atoms. The van der Waals surface area contributed by atoms with Crippen molar-refractivity contribution in [1.82, 2.24) is 10.3 Å². The van der Waals surface area contributed by atoms with E-state index in [0.29, 0.717) is 15.2 Å². The molecule has 3 rings (SSSR count). The molecule has 0 aliphatic rings. The van der Waals surface area contributed by atoms with Crippen molar-refractivity contribution in [1.29, 1.82) is 0 Å². The summed E-state index contributed by atoms with van der Waals surface area (Å²) in [5.74, 6) is 0.00895. The highest BCUT2D eigenvalue weighted by molar-refractivity contribution is 14.1. The number of aromatic nitrogens is 1. The van der Waals surface area contributed by atoms with E-state index in [1.54, 1.807) is 12.1 Å². The molecule has 0 unspecified atom stereocenters. The van der Waals surface area contributed by atoms with E-state index in [2.05, 4.69) is 10.3 Å². The fraction of sp³-hybridized carbons (Fsp3) is 0.0526. The lowest BCUT2D eigenvalue weighted by Gasteiger charge is -2.08. The van der Waals surface area contributed by atoms with Crippen molar-refractivity contribution < 1.29 is 18.8 Å². The van der Waals surface area contributed by atoms with Crippen LogP contribution in [0.3, 0.4) is 0 Å². The molecule has 0 atom stereocenters. The Bertz CT molecular complexity index is 1010. The van der Waals surface area contributed by atoms with Crippen LogP contribution < -0.4 is 10.1 Å². The number of nitrogens with zero attached hydrogens (tertiary/aromatic N) is 2. The van der Waals surface area contributed by atoms with Gasteiger partial charge in [0, 0.05) is 34.5 Å². The van der Waals surface area contributed by atoms with E-state index in [0.717, 1.165) is 5.56 Å². The fourth-order valence-electron chi connectivity index (χ4n) is 2.28. The highest BCUT2D eigenvalue weighted by atomic mass is 127. The van der Waals surface area contributed by atoms with Gasteiger partial charge in [-0.1, -0.05) is 6.07 Å². The molecule has 0 radical (unpaired) electrons. The lowest BCUT2D eigenvalue weighted by atomic mass is 10.2. The summed E-state index contributed by atoms with van der Waals surface area (Å²) in [6.07, 6.45) is 1.54. The molecule has 9 heteroatoms. The lowest BCUT2D eigenvalue weighted by molar-refractivity contribution is -0.384. The number of nitro benzene ring substituents is 1. The van der Waals surface area contributed by atoms with Gasteiger partial charge < -0.3 is 10.1 Å². The van der Waals surface area contributed by atoms with Crippen molar-refractivity contribution in [3.05, 3.63) is 91.4 Å². The summed E-state index contributed by atoms with van der Waals surface area (Å²) >= 11 is 1.95. The van der Waals surface area contributed by atoms with Crippen LogP contribution in [-0.2, 0) is 6.54 Å². The van der Waals surface area contributed by atoms with Gasteiger partial charge in [-0.15, -0.1) is 0 Å². The Morgan fingerprint density at radius 1 is 1.18 bits per heavy atom. The molecule has 1 N–H and O–H groups in total. The van der Waals surface area contributed by atoms with Crippen LogP contribution in [-0.4, -0.2) is 15.8 Å². The van der Waals surface area contributed by atoms with Crippen molar-refractivity contribution in [3.8, 4) is 11.6 Å². The first-order chi connectivity index (χ1) is 13.4. The molecule has 0 aliphatic carbocycles. The monoisotopic (exact) mass is 493 g/mol. The highest BCUT2D eigenvalue weighted by Crippen LogP contribution is 2.21. The molecule has 7 nitrogen and oxygen atoms in total. The number of carbonyl (C=O) groups excluding carboxylic acids is 1. The van der Waals surface area contributed by atoms with Gasteiger partial charge in [0.15, 0.2) is 0 Å². The van der Waals surface area contributed by atoms with Crippen molar-refractivity contribution in [2.24, 2.45) is 0 Å². The molecule has 2 aromatic carbocycles. The zero-order valence-corrected chi connectivity index (χ0v) is 16.4. The summed E-state index contributed by atoms with van der Waals surface area (Å²) in [6.45, 7) is 0.196. The molecule has 0 saturated carbocycles. The summed E-state index contributed by atoms with van der Waals surface area (Å²) in [5, 5.41) is 13.6. The molecule has 0 fully saturated rings. The molecular weight excluding hydrogens is 480 g/mol. The Morgan fingerprint density at radius 2 is 1.93 bits per heavy atom. The molecule has 1 aromatic heterocycles. The van der Waals surface area contributed by atoms with Gasteiger partial charge in [-0.3, -0.25) is 14.9 Å². The summed E-state index contributed by atoms with van der Waals surface area (Å²) in [4.78, 5) is 26.8. The standard InChI is InChI=1S/C19H13FIN3O4/c20-13-2-5-15(6-3-13)28-18-8-1-12(10-22-18)11-23-19(25)16-9-14(24(26)27)4-7-17(16)21/h1-10H,11H2,(H,23,25). The second-order valence-electron chi connectivity index (χ2n) is 5.66. The summed E-state index contributed by atoms with van der Waals surface area (Å²) in [5.41, 5.74) is 0.814. The number of nitrogens with one attached hydrogen (secondary N) is 1. The average molecular weight is 493 g/mol. The van der Waals surface area contributed by atoms with E-state index >= 15 is 0 Å². The molecule has 0 saturated heterocycles. The number of amides is 1. The van der Waals surface area contributed by atoms with Crippen molar-refractivity contribution in [2.75, 3.05) is 0 Å². The minimum atomic E-state index is -0.545. The van der Waals surface area contributed by atoms with Gasteiger partial charge in [-0.05, 0) is 58.5 Å². The van der Waals surface area contributed by atoms with Crippen molar-refractivity contribution >= 4 is 34.2 Å². The Morgan fingerprint density at radius 3 is 2.57 bits per heavy atom. The van der Waals surface area contributed by atoms with Gasteiger partial charge in [0.05, 0.1) is 10.5 Å². The maximum Gasteiger partial charge on any atom is 0.270 e. The second kappa shape index (κ2) is 8.74. The van der Waals surface area contributed by atoms with E-state index in [9.17, 15) is 19.3 Å². The van der Waals surface area contributed by atoms with Crippen LogP contribution in [0.15, 0.2) is 60.8 Å². The number of ether oxygens (including phenoxy) is 1. The first-order valence-electron chi connectivity index (χ1n) is 8.03. The predicted octanol–water partition coefficient (Wildman–Crippen LogP) is 4.46. The molecular formula is C19H13FIN3O4. The number of rotatable bonds is 6. The smallest absolute Gasteiger partial charge is 0.270 e. The van der Waals surface area contributed by atoms with Crippen LogP contribution in [0.5, 0.6) is 11.6 Å². The summed E-state index contributed by atoms with van der Waals surface area (Å²) in [7, 11) is 0. The third-order valence-corrected chi connectivity index (χ3v) is 4.63. The van der Waals surface area contributed by atoms with Gasteiger partial charge in [-0.25, -0.2) is 9.37 Å². The first kappa shape index (κ1) is 19.7. The van der Waals surface area contributed by atoms with Gasteiger partial charge in [0.2, 0.25) is 5.88 Å². The minimum absolute atomic E-state index is 0.144. The zero-order chi connectivity index (χ0) is 20.1. The van der Waals surface area contributed by atoms with Crippen LogP contribution in [0, 0.1) is 19.5 Å². The Labute approximate surface area is 172 Å². The number of benzene rings is 2. The van der Waals surface area contributed by atoms with E-state index in [4.69, 9.17) is 4.74 Å². The van der Waals surface area contributed by atoms with E-state index in [1.807, 2.05) is 22.6 Å². The maximum atomic E-state index is 12.9. The zero-order valence-electron chi connectivity index (χ0n) is 14.3. The highest BCUT2D eigenvalue weighted by Gasteiger charge is 2.15. The Hall–Kier alpha value is -3.08. The lowest BCUT2D eigenvalue weighted by Crippen LogP contribution is -2.23. The number of pyridine rings is 1. The average Bonchev–Trinajstić information content (AvgIpc) is 2.69. The number of halogens is 2. The van der Waals surface area contributed by atoms with Crippen LogP contribution in [0.1, 0.15) is 15.9 Å². The third-order valence-electron chi connectivity index (χ3n) is 3.69. The Kier molecular flexibility index (Phi) is 6.14. The van der Waals surface area contributed by atoms with Gasteiger partial charge in [0.1, 0.15) is 11.6 Å². The molecule has 0 aliphatic heterocycles. The predicted molar refractivity (Wildman–Crippen MR) is 108 cm³/mol. The number of hydrogen-bond donors (Lipinski definition) is 1. The maximum absolute atomic E-state index is 12.9. The van der Waals surface area contributed by atoms with Gasteiger partial charge >= 0.3 is 0 Å². The van der Waals surface area contributed by atoms with Crippen molar-refractivity contribution in [2.45, 2.75) is 6.54 Å². The molecule has 0 bridgehead atoms. The molecule has 28 heavy (non-hydrogen) atoms. The normalized spacial score (nSPS) is 10.4. The van der Waals surface area contributed by atoms with Crippen molar-refractivity contribution in [3.63, 3.8) is 0 Å². The molecule has 1 heterocycles. The SMILES string of the molecule is O=C(NCc1ccc(Oc2ccc(F)cc2)nc1)c1cc([N+](=O)[O-])ccc1I. The number of hydrogen-bond acceptors (Lipinski definition) is 5. The Balaban J connectivity index is 1.62. The molecule has 3 aromatic rings. The van der Waals surface area contributed by atoms with Crippen LogP contribution in [0.25, 0.3) is 0 Å². The summed E-state index contributed by atoms with van der Waals surface area (Å²) < 4.78 is 19.0. The quantitative estimate of drug-likeness (QED) is 0.311. The first-order valence-corrected chi connectivity index (χ1v) is 9.11. The number of non-ortho nitro benzene ring substituents is 1.